The third kappa shape index (κ3) is 1.15. The summed E-state index contributed by atoms with van der Waals surface area (Å²) in [6.07, 6.45) is 1.46. The second-order valence-electron chi connectivity index (χ2n) is 2.61. The Bertz CT molecular complexity index is 485. The standard InChI is InChI=1S/C5H7N5O2S/c1-10-2-7-3-4(6)8-13(11,12)9-5(3)10/h2,9H,1H3,(H2,6,8). The molecule has 1 aliphatic rings. The number of hydrogen-bond donors (Lipinski definition) is 2. The van der Waals surface area contributed by atoms with Crippen molar-refractivity contribution >= 4 is 21.9 Å². The molecule has 0 amide bonds. The minimum absolute atomic E-state index is 0.0886. The second-order valence-corrected chi connectivity index (χ2v) is 3.94. The number of aryl methyl sites for hydroxylation is 1. The van der Waals surface area contributed by atoms with Gasteiger partial charge in [0.05, 0.1) is 6.33 Å². The number of nitrogens with one attached hydrogen (secondary N) is 1. The van der Waals surface area contributed by atoms with Crippen molar-refractivity contribution in [1.29, 1.82) is 0 Å². The van der Waals surface area contributed by atoms with Crippen LogP contribution in [0.3, 0.4) is 0 Å². The van der Waals surface area contributed by atoms with Gasteiger partial charge in [-0.1, -0.05) is 0 Å². The van der Waals surface area contributed by atoms with Gasteiger partial charge in [0, 0.05) is 7.05 Å². The fourth-order valence-electron chi connectivity index (χ4n) is 1.06. The van der Waals surface area contributed by atoms with E-state index in [1.54, 1.807) is 7.05 Å². The molecule has 0 radical (unpaired) electrons. The molecule has 0 bridgehead atoms. The van der Waals surface area contributed by atoms with Gasteiger partial charge in [0.15, 0.2) is 11.7 Å². The molecule has 1 aliphatic heterocycles. The topological polar surface area (TPSA) is 102 Å². The van der Waals surface area contributed by atoms with Crippen molar-refractivity contribution in [3.63, 3.8) is 0 Å². The zero-order chi connectivity index (χ0) is 9.64. The minimum Gasteiger partial charge on any atom is -0.381 e. The highest BCUT2D eigenvalue weighted by Crippen LogP contribution is 2.19. The fourth-order valence-corrected chi connectivity index (χ4v) is 1.93. The molecule has 1 aromatic rings. The minimum atomic E-state index is -3.69. The van der Waals surface area contributed by atoms with E-state index >= 15 is 0 Å². The van der Waals surface area contributed by atoms with Crippen LogP contribution in [-0.2, 0) is 17.3 Å². The lowest BCUT2D eigenvalue weighted by atomic mass is 10.4. The van der Waals surface area contributed by atoms with E-state index in [0.29, 0.717) is 11.5 Å². The smallest absolute Gasteiger partial charge is 0.345 e. The number of aromatic nitrogens is 2. The van der Waals surface area contributed by atoms with Crippen molar-refractivity contribution in [1.82, 2.24) is 9.55 Å². The molecule has 0 saturated carbocycles. The summed E-state index contributed by atoms with van der Waals surface area (Å²) in [6.45, 7) is 0. The fraction of sp³-hybridized carbons (Fsp3) is 0.200. The maximum absolute atomic E-state index is 11.1. The summed E-state index contributed by atoms with van der Waals surface area (Å²) in [7, 11) is -2.03. The summed E-state index contributed by atoms with van der Waals surface area (Å²) >= 11 is 0. The molecule has 2 heterocycles. The Morgan fingerprint density at radius 2 is 2.31 bits per heavy atom. The lowest BCUT2D eigenvalue weighted by molar-refractivity contribution is 0.602. The van der Waals surface area contributed by atoms with Crippen molar-refractivity contribution in [2.24, 2.45) is 17.2 Å². The van der Waals surface area contributed by atoms with Crippen molar-refractivity contribution in [2.75, 3.05) is 4.72 Å². The lowest BCUT2D eigenvalue weighted by Gasteiger charge is -2.11. The first-order chi connectivity index (χ1) is 5.99. The molecular weight excluding hydrogens is 194 g/mol. The molecule has 1 aromatic heterocycles. The van der Waals surface area contributed by atoms with E-state index in [9.17, 15) is 8.42 Å². The van der Waals surface area contributed by atoms with Crippen molar-refractivity contribution in [3.05, 3.63) is 12.0 Å². The van der Waals surface area contributed by atoms with Gasteiger partial charge < -0.3 is 10.3 Å². The zero-order valence-corrected chi connectivity index (χ0v) is 7.54. The Hall–Kier alpha value is -1.57. The van der Waals surface area contributed by atoms with Gasteiger partial charge in [0.2, 0.25) is 0 Å². The Kier molecular flexibility index (Phi) is 1.38. The van der Waals surface area contributed by atoms with E-state index in [0.717, 1.165) is 0 Å². The van der Waals surface area contributed by atoms with E-state index in [-0.39, 0.29) is 5.84 Å². The van der Waals surface area contributed by atoms with Crippen LogP contribution in [0.2, 0.25) is 0 Å². The van der Waals surface area contributed by atoms with Crippen molar-refractivity contribution in [3.8, 4) is 0 Å². The van der Waals surface area contributed by atoms with Crippen LogP contribution in [-0.4, -0.2) is 23.8 Å². The molecule has 8 heteroatoms. The van der Waals surface area contributed by atoms with Crippen LogP contribution in [0.4, 0.5) is 5.82 Å². The number of imidazole rings is 1. The third-order valence-electron chi connectivity index (χ3n) is 1.62. The molecular formula is C5H7N5O2S. The lowest BCUT2D eigenvalue weighted by Crippen LogP contribution is -2.27. The van der Waals surface area contributed by atoms with E-state index in [2.05, 4.69) is 14.1 Å². The van der Waals surface area contributed by atoms with E-state index in [4.69, 9.17) is 5.73 Å². The number of fused-ring (bicyclic) bond motifs is 1. The Balaban J connectivity index is 2.71. The molecule has 3 N–H and O–H groups in total. The van der Waals surface area contributed by atoms with E-state index in [1.807, 2.05) is 0 Å². The molecule has 0 fully saturated rings. The molecule has 7 nitrogen and oxygen atoms in total. The predicted octanol–water partition coefficient (Wildman–Crippen LogP) is -1.20. The van der Waals surface area contributed by atoms with Crippen LogP contribution >= 0.6 is 0 Å². The van der Waals surface area contributed by atoms with Gasteiger partial charge in [-0.25, -0.2) is 9.71 Å². The average molecular weight is 201 g/mol. The summed E-state index contributed by atoms with van der Waals surface area (Å²) in [4.78, 5) is 3.88. The normalized spacial score (nSPS) is 18.7. The number of anilines is 1. The van der Waals surface area contributed by atoms with Crippen LogP contribution in [0.1, 0.15) is 5.69 Å². The van der Waals surface area contributed by atoms with Gasteiger partial charge in [-0.2, -0.15) is 8.42 Å². The highest BCUT2D eigenvalue weighted by Gasteiger charge is 2.24. The first-order valence-electron chi connectivity index (χ1n) is 3.39. The van der Waals surface area contributed by atoms with Crippen LogP contribution < -0.4 is 10.5 Å². The van der Waals surface area contributed by atoms with Crippen LogP contribution in [0.25, 0.3) is 0 Å². The second kappa shape index (κ2) is 2.22. The summed E-state index contributed by atoms with van der Waals surface area (Å²) < 4.78 is 29.1. The van der Waals surface area contributed by atoms with Gasteiger partial charge >= 0.3 is 10.2 Å². The molecule has 70 valence electrons. The average Bonchev–Trinajstić information content (AvgIpc) is 2.30. The summed E-state index contributed by atoms with van der Waals surface area (Å²) in [5, 5.41) is 0. The summed E-state index contributed by atoms with van der Waals surface area (Å²) in [5.41, 5.74) is 5.75. The van der Waals surface area contributed by atoms with Gasteiger partial charge in [0.25, 0.3) is 0 Å². The van der Waals surface area contributed by atoms with Gasteiger partial charge in [-0.3, -0.25) is 0 Å². The van der Waals surface area contributed by atoms with Crippen LogP contribution in [0.15, 0.2) is 10.7 Å². The maximum atomic E-state index is 11.1. The third-order valence-corrected chi connectivity index (χ3v) is 2.51. The Morgan fingerprint density at radius 1 is 1.62 bits per heavy atom. The number of nitrogens with two attached hydrogens (primary N) is 1. The van der Waals surface area contributed by atoms with Gasteiger partial charge in [-0.15, -0.1) is 4.40 Å². The quantitative estimate of drug-likeness (QED) is 0.550. The van der Waals surface area contributed by atoms with E-state index < -0.39 is 10.2 Å². The molecule has 0 spiro atoms. The molecule has 0 aromatic carbocycles. The summed E-state index contributed by atoms with van der Waals surface area (Å²) in [6, 6.07) is 0. The number of rotatable bonds is 0. The molecule has 13 heavy (non-hydrogen) atoms. The predicted molar refractivity (Wildman–Crippen MR) is 46.5 cm³/mol. The largest absolute Gasteiger partial charge is 0.381 e. The van der Waals surface area contributed by atoms with Gasteiger partial charge in [-0.05, 0) is 0 Å². The monoisotopic (exact) mass is 201 g/mol. The molecule has 0 aliphatic carbocycles. The summed E-state index contributed by atoms with van der Waals surface area (Å²) in [5.74, 6) is 0.252. The van der Waals surface area contributed by atoms with Crippen LogP contribution in [0.5, 0.6) is 0 Å². The Morgan fingerprint density at radius 3 is 3.00 bits per heavy atom. The number of amidine groups is 1. The first-order valence-corrected chi connectivity index (χ1v) is 4.83. The first kappa shape index (κ1) is 8.05. The SMILES string of the molecule is Cn1cnc2c1NS(=O)(=O)N=C2N. The van der Waals surface area contributed by atoms with E-state index in [1.165, 1.54) is 10.9 Å². The Labute approximate surface area is 74.5 Å². The highest BCUT2D eigenvalue weighted by atomic mass is 32.2. The molecule has 0 unspecified atom stereocenters. The zero-order valence-electron chi connectivity index (χ0n) is 6.72. The highest BCUT2D eigenvalue weighted by molar-refractivity contribution is 7.91. The van der Waals surface area contributed by atoms with Gasteiger partial charge in [0.1, 0.15) is 5.69 Å². The van der Waals surface area contributed by atoms with Crippen LogP contribution in [0, 0.1) is 0 Å². The maximum Gasteiger partial charge on any atom is 0.345 e. The van der Waals surface area contributed by atoms with Crippen molar-refractivity contribution < 1.29 is 8.42 Å². The number of hydrogen-bond acceptors (Lipinski definition) is 4. The number of nitrogens with zero attached hydrogens (tertiary/aromatic N) is 3. The molecule has 0 saturated heterocycles. The molecule has 2 rings (SSSR count). The molecule has 0 atom stereocenters. The van der Waals surface area contributed by atoms with Crippen molar-refractivity contribution in [2.45, 2.75) is 0 Å².